The van der Waals surface area contributed by atoms with E-state index in [0.29, 0.717) is 12.3 Å². The number of carboxylic acids is 1. The average Bonchev–Trinajstić information content (AvgIpc) is 3.08. The maximum absolute atomic E-state index is 11.2. The number of rotatable bonds is 4. The lowest BCUT2D eigenvalue weighted by Crippen LogP contribution is -2.18. The van der Waals surface area contributed by atoms with E-state index in [4.69, 9.17) is 0 Å². The van der Waals surface area contributed by atoms with Gasteiger partial charge in [-0.15, -0.1) is 0 Å². The van der Waals surface area contributed by atoms with Crippen LogP contribution in [-0.2, 0) is 16.6 Å². The van der Waals surface area contributed by atoms with Gasteiger partial charge in [0.05, 0.1) is 5.92 Å². The molecule has 1 aromatic carbocycles. The van der Waals surface area contributed by atoms with E-state index in [1.807, 2.05) is 0 Å². The summed E-state index contributed by atoms with van der Waals surface area (Å²) in [5.41, 5.74) is 2.59. The van der Waals surface area contributed by atoms with Gasteiger partial charge in [-0.2, -0.15) is 0 Å². The predicted molar refractivity (Wildman–Crippen MR) is 72.7 cm³/mol. The summed E-state index contributed by atoms with van der Waals surface area (Å²) in [5.74, 6) is -0.423. The van der Waals surface area contributed by atoms with Gasteiger partial charge < -0.3 is 5.11 Å². The molecule has 1 fully saturated rings. The Morgan fingerprint density at radius 2 is 1.83 bits per heavy atom. The molecule has 0 radical (unpaired) electrons. The Kier molecular flexibility index (Phi) is 3.47. The highest BCUT2D eigenvalue weighted by atomic mass is 16.4. The Labute approximate surface area is 109 Å². The summed E-state index contributed by atoms with van der Waals surface area (Å²) in [6.07, 6.45) is 2.83. The minimum absolute atomic E-state index is 0.154. The molecule has 18 heavy (non-hydrogen) atoms. The minimum atomic E-state index is -0.641. The predicted octanol–water partition coefficient (Wildman–Crippen LogP) is 3.64. The molecule has 0 aliphatic heterocycles. The van der Waals surface area contributed by atoms with Crippen molar-refractivity contribution in [1.29, 1.82) is 0 Å². The fraction of sp³-hybridized carbons (Fsp3) is 0.562. The molecule has 1 unspecified atom stereocenters. The SMILES string of the molecule is CC(C)(C)c1ccc(CC(C(=O)O)C2CC2)cc1. The molecule has 2 rings (SSSR count). The van der Waals surface area contributed by atoms with Crippen LogP contribution in [0.4, 0.5) is 0 Å². The third kappa shape index (κ3) is 3.12. The Morgan fingerprint density at radius 3 is 2.22 bits per heavy atom. The molecule has 0 amide bonds. The number of hydrogen-bond donors (Lipinski definition) is 1. The monoisotopic (exact) mass is 246 g/mol. The van der Waals surface area contributed by atoms with Crippen LogP contribution in [-0.4, -0.2) is 11.1 Å². The van der Waals surface area contributed by atoms with Gasteiger partial charge in [0, 0.05) is 0 Å². The highest BCUT2D eigenvalue weighted by molar-refractivity contribution is 5.71. The lowest BCUT2D eigenvalue weighted by atomic mass is 9.85. The molecule has 2 heteroatoms. The third-order valence-corrected chi connectivity index (χ3v) is 3.78. The zero-order chi connectivity index (χ0) is 13.3. The smallest absolute Gasteiger partial charge is 0.307 e. The van der Waals surface area contributed by atoms with Crippen LogP contribution in [0.5, 0.6) is 0 Å². The molecule has 0 spiro atoms. The molecule has 1 aromatic rings. The van der Waals surface area contributed by atoms with Gasteiger partial charge in [-0.25, -0.2) is 0 Å². The van der Waals surface area contributed by atoms with Crippen LogP contribution in [0.3, 0.4) is 0 Å². The molecule has 2 nitrogen and oxygen atoms in total. The van der Waals surface area contributed by atoms with Crippen LogP contribution in [0.15, 0.2) is 24.3 Å². The summed E-state index contributed by atoms with van der Waals surface area (Å²) in [4.78, 5) is 11.2. The average molecular weight is 246 g/mol. The number of carbonyl (C=O) groups is 1. The molecule has 1 saturated carbocycles. The van der Waals surface area contributed by atoms with Gasteiger partial charge in [-0.1, -0.05) is 45.0 Å². The van der Waals surface area contributed by atoms with Crippen LogP contribution in [0.25, 0.3) is 0 Å². The largest absolute Gasteiger partial charge is 0.481 e. The van der Waals surface area contributed by atoms with Gasteiger partial charge in [-0.3, -0.25) is 4.79 Å². The molecule has 1 atom stereocenters. The number of aliphatic carboxylic acids is 1. The summed E-state index contributed by atoms with van der Waals surface area (Å²) in [6.45, 7) is 6.56. The summed E-state index contributed by atoms with van der Waals surface area (Å²) in [6, 6.07) is 8.42. The van der Waals surface area contributed by atoms with Crippen molar-refractivity contribution < 1.29 is 9.90 Å². The minimum Gasteiger partial charge on any atom is -0.481 e. The number of carboxylic acid groups (broad SMARTS) is 1. The van der Waals surface area contributed by atoms with Gasteiger partial charge in [0.2, 0.25) is 0 Å². The maximum Gasteiger partial charge on any atom is 0.307 e. The van der Waals surface area contributed by atoms with Crippen LogP contribution >= 0.6 is 0 Å². The normalized spacial score (nSPS) is 17.5. The first-order valence-electron chi connectivity index (χ1n) is 6.70. The van der Waals surface area contributed by atoms with Crippen molar-refractivity contribution >= 4 is 5.97 Å². The molecular formula is C16H22O2. The van der Waals surface area contributed by atoms with E-state index in [-0.39, 0.29) is 11.3 Å². The van der Waals surface area contributed by atoms with Crippen molar-refractivity contribution in [3.8, 4) is 0 Å². The Morgan fingerprint density at radius 1 is 1.28 bits per heavy atom. The topological polar surface area (TPSA) is 37.3 Å². The van der Waals surface area contributed by atoms with Crippen molar-refractivity contribution in [1.82, 2.24) is 0 Å². The van der Waals surface area contributed by atoms with Gasteiger partial charge in [0.25, 0.3) is 0 Å². The van der Waals surface area contributed by atoms with Crippen molar-refractivity contribution in [3.63, 3.8) is 0 Å². The van der Waals surface area contributed by atoms with E-state index >= 15 is 0 Å². The van der Waals surface area contributed by atoms with Crippen LogP contribution in [0.2, 0.25) is 0 Å². The molecule has 98 valence electrons. The standard InChI is InChI=1S/C16H22O2/c1-16(2,3)13-8-4-11(5-9-13)10-14(15(17)18)12-6-7-12/h4-5,8-9,12,14H,6-7,10H2,1-3H3,(H,17,18). The molecule has 1 N–H and O–H groups in total. The fourth-order valence-corrected chi connectivity index (χ4v) is 2.35. The van der Waals surface area contributed by atoms with E-state index in [1.54, 1.807) is 0 Å². The zero-order valence-electron chi connectivity index (χ0n) is 11.4. The van der Waals surface area contributed by atoms with Crippen LogP contribution in [0.1, 0.15) is 44.7 Å². The van der Waals surface area contributed by atoms with Gasteiger partial charge >= 0.3 is 5.97 Å². The summed E-state index contributed by atoms with van der Waals surface area (Å²) in [7, 11) is 0. The molecule has 1 aliphatic carbocycles. The molecule has 0 saturated heterocycles. The van der Waals surface area contributed by atoms with E-state index < -0.39 is 5.97 Å². The number of hydrogen-bond acceptors (Lipinski definition) is 1. The molecule has 0 heterocycles. The Balaban J connectivity index is 2.07. The molecule has 0 aromatic heterocycles. The van der Waals surface area contributed by atoms with E-state index in [0.717, 1.165) is 18.4 Å². The first kappa shape index (κ1) is 13.1. The molecular weight excluding hydrogens is 224 g/mol. The lowest BCUT2D eigenvalue weighted by molar-refractivity contribution is -0.142. The van der Waals surface area contributed by atoms with Crippen LogP contribution < -0.4 is 0 Å². The van der Waals surface area contributed by atoms with Gasteiger partial charge in [0.15, 0.2) is 0 Å². The first-order chi connectivity index (χ1) is 8.38. The highest BCUT2D eigenvalue weighted by Gasteiger charge is 2.36. The lowest BCUT2D eigenvalue weighted by Gasteiger charge is -2.19. The van der Waals surface area contributed by atoms with Crippen molar-refractivity contribution in [3.05, 3.63) is 35.4 Å². The quantitative estimate of drug-likeness (QED) is 0.880. The van der Waals surface area contributed by atoms with E-state index in [9.17, 15) is 9.90 Å². The second-order valence-electron chi connectivity index (χ2n) is 6.43. The summed E-state index contributed by atoms with van der Waals surface area (Å²) in [5, 5.41) is 9.23. The molecule has 1 aliphatic rings. The second-order valence-corrected chi connectivity index (χ2v) is 6.43. The highest BCUT2D eigenvalue weighted by Crippen LogP contribution is 2.38. The van der Waals surface area contributed by atoms with Crippen molar-refractivity contribution in [2.24, 2.45) is 11.8 Å². The maximum atomic E-state index is 11.2. The Bertz CT molecular complexity index is 421. The second kappa shape index (κ2) is 4.75. The zero-order valence-corrected chi connectivity index (χ0v) is 11.4. The number of benzene rings is 1. The van der Waals surface area contributed by atoms with Gasteiger partial charge in [-0.05, 0) is 41.7 Å². The summed E-state index contributed by atoms with van der Waals surface area (Å²) >= 11 is 0. The third-order valence-electron chi connectivity index (χ3n) is 3.78. The van der Waals surface area contributed by atoms with Gasteiger partial charge in [0.1, 0.15) is 0 Å². The van der Waals surface area contributed by atoms with E-state index in [2.05, 4.69) is 45.0 Å². The first-order valence-corrected chi connectivity index (χ1v) is 6.70. The summed E-state index contributed by atoms with van der Waals surface area (Å²) < 4.78 is 0. The molecule has 0 bridgehead atoms. The van der Waals surface area contributed by atoms with E-state index in [1.165, 1.54) is 5.56 Å². The van der Waals surface area contributed by atoms with Crippen molar-refractivity contribution in [2.75, 3.05) is 0 Å². The van der Waals surface area contributed by atoms with Crippen LogP contribution in [0, 0.1) is 11.8 Å². The van der Waals surface area contributed by atoms with Crippen molar-refractivity contribution in [2.45, 2.75) is 45.4 Å². The Hall–Kier alpha value is -1.31. The fourth-order valence-electron chi connectivity index (χ4n) is 2.35.